The molecule has 0 unspecified atom stereocenters. The number of alkyl halides is 3. The highest BCUT2D eigenvalue weighted by molar-refractivity contribution is 5.77. The highest BCUT2D eigenvalue weighted by Crippen LogP contribution is 2.29. The van der Waals surface area contributed by atoms with Crippen LogP contribution in [-0.4, -0.2) is 55.0 Å². The van der Waals surface area contributed by atoms with Crippen molar-refractivity contribution in [1.29, 1.82) is 0 Å². The van der Waals surface area contributed by atoms with Gasteiger partial charge in [0, 0.05) is 33.2 Å². The molecule has 1 fully saturated rings. The summed E-state index contributed by atoms with van der Waals surface area (Å²) in [6, 6.07) is 4.56. The van der Waals surface area contributed by atoms with Crippen LogP contribution in [0.3, 0.4) is 0 Å². The van der Waals surface area contributed by atoms with Gasteiger partial charge in [0.05, 0.1) is 11.5 Å². The average Bonchev–Trinajstić information content (AvgIpc) is 2.61. The predicted molar refractivity (Wildman–Crippen MR) is 94.7 cm³/mol. The molecule has 0 bridgehead atoms. The molecule has 3 amide bonds. The van der Waals surface area contributed by atoms with Crippen LogP contribution in [0.1, 0.15) is 24.0 Å². The monoisotopic (exact) mass is 386 g/mol. The van der Waals surface area contributed by atoms with Crippen molar-refractivity contribution >= 4 is 11.9 Å². The summed E-state index contributed by atoms with van der Waals surface area (Å²) >= 11 is 0. The molecular weight excluding hydrogens is 361 g/mol. The molecule has 0 saturated carbocycles. The average molecular weight is 386 g/mol. The van der Waals surface area contributed by atoms with Gasteiger partial charge in [-0.2, -0.15) is 13.2 Å². The zero-order chi connectivity index (χ0) is 20.0. The molecule has 0 spiro atoms. The van der Waals surface area contributed by atoms with E-state index in [1.165, 1.54) is 18.0 Å². The summed E-state index contributed by atoms with van der Waals surface area (Å²) in [6.45, 7) is 2.48. The van der Waals surface area contributed by atoms with Crippen LogP contribution in [-0.2, 0) is 17.5 Å². The summed E-state index contributed by atoms with van der Waals surface area (Å²) in [5, 5.41) is 2.75. The van der Waals surface area contributed by atoms with Crippen molar-refractivity contribution in [2.75, 3.05) is 33.2 Å². The fraction of sp³-hybridized carbons (Fsp3) is 0.556. The second-order valence-corrected chi connectivity index (χ2v) is 6.83. The van der Waals surface area contributed by atoms with E-state index in [-0.39, 0.29) is 24.4 Å². The highest BCUT2D eigenvalue weighted by Gasteiger charge is 2.30. The zero-order valence-corrected chi connectivity index (χ0v) is 15.3. The van der Waals surface area contributed by atoms with Gasteiger partial charge in [0.1, 0.15) is 0 Å². The molecule has 1 atom stereocenters. The number of primary amides is 1. The standard InChI is InChI=1S/C18H25F3N4O2/c1-24(11-13-4-2-6-15(10-13)18(19,20)21)17(27)23-7-9-25-8-3-5-14(12-25)16(22)26/h2,4,6,10,14H,3,5,7-9,11-12H2,1H3,(H2,22,26)(H,23,27)/t14-/m1/s1. The molecule has 150 valence electrons. The maximum Gasteiger partial charge on any atom is 0.416 e. The molecule has 1 aliphatic heterocycles. The predicted octanol–water partition coefficient (Wildman–Crippen LogP) is 2.04. The lowest BCUT2D eigenvalue weighted by Crippen LogP contribution is -2.45. The summed E-state index contributed by atoms with van der Waals surface area (Å²) in [4.78, 5) is 26.8. The minimum absolute atomic E-state index is 0.0726. The van der Waals surface area contributed by atoms with E-state index in [2.05, 4.69) is 10.2 Å². The van der Waals surface area contributed by atoms with Crippen LogP contribution >= 0.6 is 0 Å². The summed E-state index contributed by atoms with van der Waals surface area (Å²) in [5.74, 6) is -0.456. The minimum Gasteiger partial charge on any atom is -0.369 e. The Balaban J connectivity index is 1.78. The van der Waals surface area contributed by atoms with Crippen LogP contribution in [0.2, 0.25) is 0 Å². The lowest BCUT2D eigenvalue weighted by Gasteiger charge is -2.31. The maximum atomic E-state index is 12.8. The quantitative estimate of drug-likeness (QED) is 0.785. The first-order chi connectivity index (χ1) is 12.7. The van der Waals surface area contributed by atoms with Crippen molar-refractivity contribution in [3.8, 4) is 0 Å². The number of carbonyl (C=O) groups excluding carboxylic acids is 2. The molecule has 9 heteroatoms. The fourth-order valence-electron chi connectivity index (χ4n) is 3.14. The van der Waals surface area contributed by atoms with Gasteiger partial charge in [0.25, 0.3) is 0 Å². The van der Waals surface area contributed by atoms with Gasteiger partial charge in [-0.15, -0.1) is 0 Å². The fourth-order valence-corrected chi connectivity index (χ4v) is 3.14. The SMILES string of the molecule is CN(Cc1cccc(C(F)(F)F)c1)C(=O)NCCN1CCC[C@@H](C(N)=O)C1. The van der Waals surface area contributed by atoms with Gasteiger partial charge in [0.2, 0.25) is 5.91 Å². The molecule has 0 radical (unpaired) electrons. The van der Waals surface area contributed by atoms with E-state index in [1.807, 2.05) is 0 Å². The molecule has 1 saturated heterocycles. The van der Waals surface area contributed by atoms with Crippen LogP contribution in [0.15, 0.2) is 24.3 Å². The number of nitrogens with two attached hydrogens (primary N) is 1. The minimum atomic E-state index is -4.41. The number of urea groups is 1. The number of nitrogens with one attached hydrogen (secondary N) is 1. The number of nitrogens with zero attached hydrogens (tertiary/aromatic N) is 2. The Labute approximate surface area is 156 Å². The number of hydrogen-bond donors (Lipinski definition) is 2. The van der Waals surface area contributed by atoms with Gasteiger partial charge in [-0.25, -0.2) is 4.79 Å². The molecule has 0 aromatic heterocycles. The largest absolute Gasteiger partial charge is 0.416 e. The molecule has 2 rings (SSSR count). The molecular formula is C18H25F3N4O2. The Kier molecular flexibility index (Phi) is 7.06. The van der Waals surface area contributed by atoms with Crippen LogP contribution in [0, 0.1) is 5.92 Å². The van der Waals surface area contributed by atoms with Crippen molar-refractivity contribution in [3.63, 3.8) is 0 Å². The van der Waals surface area contributed by atoms with Crippen LogP contribution in [0.5, 0.6) is 0 Å². The van der Waals surface area contributed by atoms with Crippen molar-refractivity contribution in [2.45, 2.75) is 25.6 Å². The van der Waals surface area contributed by atoms with E-state index in [4.69, 9.17) is 5.73 Å². The van der Waals surface area contributed by atoms with Gasteiger partial charge in [0.15, 0.2) is 0 Å². The van der Waals surface area contributed by atoms with Crippen molar-refractivity contribution in [3.05, 3.63) is 35.4 Å². The second-order valence-electron chi connectivity index (χ2n) is 6.83. The first kappa shape index (κ1) is 21.0. The van der Waals surface area contributed by atoms with E-state index in [0.29, 0.717) is 25.2 Å². The van der Waals surface area contributed by atoms with Crippen LogP contribution in [0.4, 0.5) is 18.0 Å². The van der Waals surface area contributed by atoms with Crippen molar-refractivity contribution < 1.29 is 22.8 Å². The number of carbonyl (C=O) groups is 2. The Hall–Kier alpha value is -2.29. The first-order valence-corrected chi connectivity index (χ1v) is 8.83. The summed E-state index contributed by atoms with van der Waals surface area (Å²) in [5.41, 5.74) is 5.02. The summed E-state index contributed by atoms with van der Waals surface area (Å²) in [7, 11) is 1.53. The number of hydrogen-bond acceptors (Lipinski definition) is 3. The van der Waals surface area contributed by atoms with Crippen LogP contribution < -0.4 is 11.1 Å². The Morgan fingerprint density at radius 2 is 2.11 bits per heavy atom. The molecule has 3 N–H and O–H groups in total. The number of halogens is 3. The van der Waals surface area contributed by atoms with Crippen LogP contribution in [0.25, 0.3) is 0 Å². The van der Waals surface area contributed by atoms with E-state index in [9.17, 15) is 22.8 Å². The Bertz CT molecular complexity index is 666. The van der Waals surface area contributed by atoms with Gasteiger partial charge in [-0.3, -0.25) is 4.79 Å². The highest BCUT2D eigenvalue weighted by atomic mass is 19.4. The molecule has 27 heavy (non-hydrogen) atoms. The molecule has 1 aromatic carbocycles. The van der Waals surface area contributed by atoms with Gasteiger partial charge >= 0.3 is 12.2 Å². The third-order valence-corrected chi connectivity index (χ3v) is 4.63. The van der Waals surface area contributed by atoms with Crippen molar-refractivity contribution in [1.82, 2.24) is 15.1 Å². The van der Waals surface area contributed by atoms with Gasteiger partial charge in [-0.05, 0) is 37.1 Å². The molecule has 1 aliphatic rings. The summed E-state index contributed by atoms with van der Waals surface area (Å²) in [6.07, 6.45) is -2.73. The molecule has 0 aliphatic carbocycles. The topological polar surface area (TPSA) is 78.7 Å². The second kappa shape index (κ2) is 9.07. The maximum absolute atomic E-state index is 12.8. The molecule has 6 nitrogen and oxygen atoms in total. The molecule has 1 aromatic rings. The van der Waals surface area contributed by atoms with Gasteiger partial charge in [-0.1, -0.05) is 12.1 Å². The van der Waals surface area contributed by atoms with E-state index >= 15 is 0 Å². The summed E-state index contributed by atoms with van der Waals surface area (Å²) < 4.78 is 38.3. The van der Waals surface area contributed by atoms with Crippen molar-refractivity contribution in [2.24, 2.45) is 11.7 Å². The number of rotatable bonds is 6. The Morgan fingerprint density at radius 3 is 2.78 bits per heavy atom. The van der Waals surface area contributed by atoms with Gasteiger partial charge < -0.3 is 20.9 Å². The normalized spacial score (nSPS) is 18.1. The molecule has 1 heterocycles. The number of benzene rings is 1. The van der Waals surface area contributed by atoms with E-state index in [0.717, 1.165) is 31.5 Å². The van der Waals surface area contributed by atoms with E-state index in [1.54, 1.807) is 6.07 Å². The first-order valence-electron chi connectivity index (χ1n) is 8.83. The number of piperidine rings is 1. The number of likely N-dealkylation sites (tertiary alicyclic amines) is 1. The smallest absolute Gasteiger partial charge is 0.369 e. The zero-order valence-electron chi connectivity index (χ0n) is 15.3. The Morgan fingerprint density at radius 1 is 1.37 bits per heavy atom. The lowest BCUT2D eigenvalue weighted by molar-refractivity contribution is -0.137. The third kappa shape index (κ3) is 6.42. The third-order valence-electron chi connectivity index (χ3n) is 4.63. The number of amides is 3. The van der Waals surface area contributed by atoms with E-state index < -0.39 is 11.7 Å². The lowest BCUT2D eigenvalue weighted by atomic mass is 9.97.